The van der Waals surface area contributed by atoms with E-state index in [1.54, 1.807) is 18.3 Å². The van der Waals surface area contributed by atoms with Crippen molar-refractivity contribution >= 4 is 17.2 Å². The van der Waals surface area contributed by atoms with E-state index in [1.165, 1.54) is 18.4 Å². The monoisotopic (exact) mass is 195 g/mol. The Labute approximate surface area is 82.2 Å². The quantitative estimate of drug-likeness (QED) is 0.724. The van der Waals surface area contributed by atoms with Crippen LogP contribution < -0.4 is 0 Å². The summed E-state index contributed by atoms with van der Waals surface area (Å²) in [5.74, 6) is 0.203. The van der Waals surface area contributed by atoms with Crippen molar-refractivity contribution in [1.82, 2.24) is 4.90 Å². The van der Waals surface area contributed by atoms with E-state index >= 15 is 0 Å². The van der Waals surface area contributed by atoms with Crippen molar-refractivity contribution in [2.24, 2.45) is 0 Å². The molecular formula is C10H13NOS. The average molecular weight is 195 g/mol. The molecule has 1 aromatic heterocycles. The van der Waals surface area contributed by atoms with Gasteiger partial charge in [-0.3, -0.25) is 4.79 Å². The molecule has 2 nitrogen and oxygen atoms in total. The molecule has 1 aliphatic rings. The van der Waals surface area contributed by atoms with Crippen molar-refractivity contribution in [3.63, 3.8) is 0 Å². The smallest absolute Gasteiger partial charge is 0.219 e. The third kappa shape index (κ3) is 2.10. The molecular weight excluding hydrogens is 182 g/mol. The van der Waals surface area contributed by atoms with Gasteiger partial charge in [0, 0.05) is 19.5 Å². The van der Waals surface area contributed by atoms with E-state index in [0.717, 1.165) is 6.54 Å². The molecule has 1 saturated carbocycles. The minimum Gasteiger partial charge on any atom is -0.336 e. The first kappa shape index (κ1) is 8.75. The Morgan fingerprint density at radius 2 is 2.46 bits per heavy atom. The van der Waals surface area contributed by atoms with Crippen LogP contribution in [-0.4, -0.2) is 16.8 Å². The lowest BCUT2D eigenvalue weighted by Gasteiger charge is -2.19. The van der Waals surface area contributed by atoms with E-state index in [0.29, 0.717) is 6.04 Å². The molecule has 13 heavy (non-hydrogen) atoms. The highest BCUT2D eigenvalue weighted by Crippen LogP contribution is 2.28. The normalized spacial score (nSPS) is 15.8. The predicted molar refractivity (Wildman–Crippen MR) is 53.6 cm³/mol. The van der Waals surface area contributed by atoms with Crippen LogP contribution in [0.4, 0.5) is 0 Å². The van der Waals surface area contributed by atoms with Crippen LogP contribution in [0.3, 0.4) is 0 Å². The number of rotatable bonds is 3. The zero-order chi connectivity index (χ0) is 9.26. The molecule has 1 aliphatic carbocycles. The molecule has 70 valence electrons. The fraction of sp³-hybridized carbons (Fsp3) is 0.500. The summed E-state index contributed by atoms with van der Waals surface area (Å²) in [6.45, 7) is 2.45. The molecule has 0 bridgehead atoms. The molecule has 0 radical (unpaired) electrons. The van der Waals surface area contributed by atoms with Crippen LogP contribution in [0.2, 0.25) is 0 Å². The highest BCUT2D eigenvalue weighted by atomic mass is 32.1. The lowest BCUT2D eigenvalue weighted by molar-refractivity contribution is -0.130. The van der Waals surface area contributed by atoms with Crippen LogP contribution in [0.5, 0.6) is 0 Å². The zero-order valence-corrected chi connectivity index (χ0v) is 8.51. The first-order valence-corrected chi connectivity index (χ1v) is 5.50. The standard InChI is InChI=1S/C10H13NOS/c1-8(12)11(10-2-3-10)6-9-4-5-13-7-9/h4-5,7,10H,2-3,6H2,1H3. The molecule has 0 aromatic carbocycles. The first-order chi connectivity index (χ1) is 6.27. The van der Waals surface area contributed by atoms with Gasteiger partial charge >= 0.3 is 0 Å². The number of nitrogens with zero attached hydrogens (tertiary/aromatic N) is 1. The summed E-state index contributed by atoms with van der Waals surface area (Å²) >= 11 is 1.69. The molecule has 1 amide bonds. The largest absolute Gasteiger partial charge is 0.336 e. The molecule has 2 rings (SSSR count). The van der Waals surface area contributed by atoms with E-state index < -0.39 is 0 Å². The topological polar surface area (TPSA) is 20.3 Å². The van der Waals surface area contributed by atoms with Gasteiger partial charge in [0.05, 0.1) is 0 Å². The Balaban J connectivity index is 2.01. The molecule has 0 unspecified atom stereocenters. The molecule has 1 fully saturated rings. The molecule has 3 heteroatoms. The minimum atomic E-state index is 0.203. The van der Waals surface area contributed by atoms with Crippen LogP contribution in [0.15, 0.2) is 16.8 Å². The van der Waals surface area contributed by atoms with Gasteiger partial charge in [-0.25, -0.2) is 0 Å². The van der Waals surface area contributed by atoms with E-state index in [4.69, 9.17) is 0 Å². The first-order valence-electron chi connectivity index (χ1n) is 4.55. The molecule has 1 heterocycles. The summed E-state index contributed by atoms with van der Waals surface area (Å²) in [7, 11) is 0. The minimum absolute atomic E-state index is 0.203. The van der Waals surface area contributed by atoms with Gasteiger partial charge in [0.1, 0.15) is 0 Å². The maximum absolute atomic E-state index is 11.3. The Hall–Kier alpha value is -0.830. The Morgan fingerprint density at radius 3 is 2.92 bits per heavy atom. The summed E-state index contributed by atoms with van der Waals surface area (Å²) < 4.78 is 0. The fourth-order valence-corrected chi connectivity index (χ4v) is 2.12. The summed E-state index contributed by atoms with van der Waals surface area (Å²) in [4.78, 5) is 13.3. The van der Waals surface area contributed by atoms with Gasteiger partial charge in [-0.2, -0.15) is 11.3 Å². The van der Waals surface area contributed by atoms with Crippen LogP contribution in [-0.2, 0) is 11.3 Å². The van der Waals surface area contributed by atoms with Gasteiger partial charge in [0.15, 0.2) is 0 Å². The number of amides is 1. The lowest BCUT2D eigenvalue weighted by atomic mass is 10.3. The van der Waals surface area contributed by atoms with Gasteiger partial charge in [0.2, 0.25) is 5.91 Å². The van der Waals surface area contributed by atoms with Crippen LogP contribution in [0, 0.1) is 0 Å². The second-order valence-corrected chi connectivity index (χ2v) is 4.29. The van der Waals surface area contributed by atoms with Crippen molar-refractivity contribution in [3.8, 4) is 0 Å². The van der Waals surface area contributed by atoms with Gasteiger partial charge in [-0.05, 0) is 35.2 Å². The Morgan fingerprint density at radius 1 is 1.69 bits per heavy atom. The van der Waals surface area contributed by atoms with Crippen molar-refractivity contribution in [3.05, 3.63) is 22.4 Å². The Kier molecular flexibility index (Phi) is 2.36. The molecule has 0 N–H and O–H groups in total. The second kappa shape index (κ2) is 3.50. The predicted octanol–water partition coefficient (Wildman–Crippen LogP) is 2.26. The number of carbonyl (C=O) groups is 1. The van der Waals surface area contributed by atoms with Gasteiger partial charge < -0.3 is 4.90 Å². The zero-order valence-electron chi connectivity index (χ0n) is 7.69. The second-order valence-electron chi connectivity index (χ2n) is 3.51. The number of hydrogen-bond acceptors (Lipinski definition) is 2. The summed E-state index contributed by atoms with van der Waals surface area (Å²) in [6, 6.07) is 2.61. The summed E-state index contributed by atoms with van der Waals surface area (Å²) in [5.41, 5.74) is 1.26. The van der Waals surface area contributed by atoms with E-state index in [9.17, 15) is 4.79 Å². The average Bonchev–Trinajstić information content (AvgIpc) is 2.79. The fourth-order valence-electron chi connectivity index (χ4n) is 1.46. The van der Waals surface area contributed by atoms with Crippen LogP contribution in [0.25, 0.3) is 0 Å². The van der Waals surface area contributed by atoms with Crippen molar-refractivity contribution < 1.29 is 4.79 Å². The highest BCUT2D eigenvalue weighted by molar-refractivity contribution is 7.07. The molecule has 0 saturated heterocycles. The number of thiophene rings is 1. The maximum Gasteiger partial charge on any atom is 0.219 e. The van der Waals surface area contributed by atoms with Gasteiger partial charge in [-0.15, -0.1) is 0 Å². The Bertz CT molecular complexity index is 290. The number of carbonyl (C=O) groups excluding carboxylic acids is 1. The summed E-state index contributed by atoms with van der Waals surface area (Å²) in [5, 5.41) is 4.17. The van der Waals surface area contributed by atoms with Gasteiger partial charge in [0.25, 0.3) is 0 Å². The highest BCUT2D eigenvalue weighted by Gasteiger charge is 2.30. The summed E-state index contributed by atoms with van der Waals surface area (Å²) in [6.07, 6.45) is 2.37. The maximum atomic E-state index is 11.3. The molecule has 0 atom stereocenters. The van der Waals surface area contributed by atoms with Crippen molar-refractivity contribution in [1.29, 1.82) is 0 Å². The van der Waals surface area contributed by atoms with E-state index in [1.807, 2.05) is 4.90 Å². The SMILES string of the molecule is CC(=O)N(Cc1ccsc1)C1CC1. The van der Waals surface area contributed by atoms with E-state index in [2.05, 4.69) is 16.8 Å². The number of hydrogen-bond donors (Lipinski definition) is 0. The van der Waals surface area contributed by atoms with Gasteiger partial charge in [-0.1, -0.05) is 0 Å². The van der Waals surface area contributed by atoms with Crippen molar-refractivity contribution in [2.45, 2.75) is 32.4 Å². The molecule has 0 aliphatic heterocycles. The van der Waals surface area contributed by atoms with Crippen molar-refractivity contribution in [2.75, 3.05) is 0 Å². The molecule has 0 spiro atoms. The lowest BCUT2D eigenvalue weighted by Crippen LogP contribution is -2.29. The van der Waals surface area contributed by atoms with Crippen LogP contribution in [0.1, 0.15) is 25.3 Å². The third-order valence-electron chi connectivity index (χ3n) is 2.33. The van der Waals surface area contributed by atoms with Crippen LogP contribution >= 0.6 is 11.3 Å². The third-order valence-corrected chi connectivity index (χ3v) is 3.06. The van der Waals surface area contributed by atoms with E-state index in [-0.39, 0.29) is 5.91 Å². The molecule has 1 aromatic rings.